The predicted octanol–water partition coefficient (Wildman–Crippen LogP) is 9.24. The molecule has 0 spiro atoms. The first-order valence-corrected chi connectivity index (χ1v) is 13.4. The number of para-hydroxylation sites is 1. The van der Waals surface area contributed by atoms with Crippen molar-refractivity contribution < 1.29 is 0 Å². The smallest absolute Gasteiger partial charge is 0.145 e. The van der Waals surface area contributed by atoms with Crippen LogP contribution in [-0.4, -0.2) is 9.55 Å². The van der Waals surface area contributed by atoms with Crippen molar-refractivity contribution in [2.75, 3.05) is 0 Å². The number of imidazole rings is 1. The molecule has 4 aromatic carbocycles. The van der Waals surface area contributed by atoms with Crippen molar-refractivity contribution in [2.45, 2.75) is 52.4 Å². The molecule has 0 fully saturated rings. The third kappa shape index (κ3) is 5.44. The SMILES string of the molecule is CC(C)c1cccc(C(C)C)c1-n1cc(-c2cccc(CCc3ccccc3)c2)nc1-c1ccccc1. The summed E-state index contributed by atoms with van der Waals surface area (Å²) < 4.78 is 2.34. The molecule has 0 saturated carbocycles. The van der Waals surface area contributed by atoms with Gasteiger partial charge in [-0.25, -0.2) is 4.98 Å². The standard InChI is InChI=1S/C35H36N2/c1-25(2)31-19-12-20-32(26(3)4)34(31)37-24-33(36-35(37)29-16-9-6-10-17-29)30-18-11-15-28(23-30)22-21-27-13-7-5-8-14-27/h5-20,23-26H,21-22H2,1-4H3. The Morgan fingerprint density at radius 3 is 1.78 bits per heavy atom. The van der Waals surface area contributed by atoms with Crippen molar-refractivity contribution in [1.82, 2.24) is 9.55 Å². The quantitative estimate of drug-likeness (QED) is 0.215. The van der Waals surface area contributed by atoms with Gasteiger partial charge in [0.1, 0.15) is 5.82 Å². The average Bonchev–Trinajstić information content (AvgIpc) is 3.38. The van der Waals surface area contributed by atoms with Crippen molar-refractivity contribution in [3.63, 3.8) is 0 Å². The van der Waals surface area contributed by atoms with Gasteiger partial charge in [-0.1, -0.05) is 125 Å². The monoisotopic (exact) mass is 484 g/mol. The van der Waals surface area contributed by atoms with Crippen LogP contribution >= 0.6 is 0 Å². The summed E-state index contributed by atoms with van der Waals surface area (Å²) in [6.45, 7) is 9.11. The molecule has 2 nitrogen and oxygen atoms in total. The number of rotatable bonds is 8. The zero-order valence-corrected chi connectivity index (χ0v) is 22.4. The first kappa shape index (κ1) is 24.8. The molecule has 2 heteroatoms. The molecule has 0 aliphatic rings. The van der Waals surface area contributed by atoms with Gasteiger partial charge in [-0.15, -0.1) is 0 Å². The lowest BCUT2D eigenvalue weighted by molar-refractivity contribution is 0.807. The fourth-order valence-electron chi connectivity index (χ4n) is 5.09. The van der Waals surface area contributed by atoms with Gasteiger partial charge < -0.3 is 0 Å². The van der Waals surface area contributed by atoms with Crippen molar-refractivity contribution in [2.24, 2.45) is 0 Å². The Bertz CT molecular complexity index is 1430. The molecular weight excluding hydrogens is 448 g/mol. The van der Waals surface area contributed by atoms with Gasteiger partial charge in [0.05, 0.1) is 11.4 Å². The maximum Gasteiger partial charge on any atom is 0.145 e. The maximum atomic E-state index is 5.25. The van der Waals surface area contributed by atoms with Crippen molar-refractivity contribution in [3.05, 3.63) is 132 Å². The van der Waals surface area contributed by atoms with Gasteiger partial charge in [0.2, 0.25) is 0 Å². The Morgan fingerprint density at radius 1 is 0.595 bits per heavy atom. The molecule has 0 N–H and O–H groups in total. The molecule has 37 heavy (non-hydrogen) atoms. The topological polar surface area (TPSA) is 17.8 Å². The third-order valence-corrected chi connectivity index (χ3v) is 7.09. The van der Waals surface area contributed by atoms with E-state index in [9.17, 15) is 0 Å². The minimum Gasteiger partial charge on any atom is -0.299 e. The number of hydrogen-bond acceptors (Lipinski definition) is 1. The molecule has 1 heterocycles. The molecule has 0 aliphatic heterocycles. The summed E-state index contributed by atoms with van der Waals surface area (Å²) >= 11 is 0. The summed E-state index contributed by atoms with van der Waals surface area (Å²) in [5, 5.41) is 0. The summed E-state index contributed by atoms with van der Waals surface area (Å²) in [4.78, 5) is 5.25. The Hall–Kier alpha value is -3.91. The Kier molecular flexibility index (Phi) is 7.37. The van der Waals surface area contributed by atoms with Crippen LogP contribution in [0.5, 0.6) is 0 Å². The van der Waals surface area contributed by atoms with E-state index < -0.39 is 0 Å². The second-order valence-corrected chi connectivity index (χ2v) is 10.5. The summed E-state index contributed by atoms with van der Waals surface area (Å²) in [7, 11) is 0. The summed E-state index contributed by atoms with van der Waals surface area (Å²) in [6, 6.07) is 36.9. The van der Waals surface area contributed by atoms with Crippen LogP contribution in [0.15, 0.2) is 109 Å². The van der Waals surface area contributed by atoms with E-state index in [2.05, 4.69) is 142 Å². The first-order valence-electron chi connectivity index (χ1n) is 13.4. The highest BCUT2D eigenvalue weighted by Gasteiger charge is 2.20. The van der Waals surface area contributed by atoms with Crippen LogP contribution in [0.25, 0.3) is 28.3 Å². The van der Waals surface area contributed by atoms with Gasteiger partial charge in [-0.3, -0.25) is 4.57 Å². The molecule has 0 atom stereocenters. The maximum absolute atomic E-state index is 5.25. The molecule has 0 amide bonds. The van der Waals surface area contributed by atoms with Gasteiger partial charge in [0, 0.05) is 17.3 Å². The molecule has 0 aliphatic carbocycles. The number of nitrogens with zero attached hydrogens (tertiary/aromatic N) is 2. The lowest BCUT2D eigenvalue weighted by Gasteiger charge is -2.21. The predicted molar refractivity (Wildman–Crippen MR) is 156 cm³/mol. The van der Waals surface area contributed by atoms with Crippen molar-refractivity contribution in [1.29, 1.82) is 0 Å². The lowest BCUT2D eigenvalue weighted by Crippen LogP contribution is -2.07. The lowest BCUT2D eigenvalue weighted by atomic mass is 9.92. The molecule has 0 radical (unpaired) electrons. The second-order valence-electron chi connectivity index (χ2n) is 10.5. The van der Waals surface area contributed by atoms with Crippen LogP contribution in [-0.2, 0) is 12.8 Å². The summed E-state index contributed by atoms with van der Waals surface area (Å²) in [5.74, 6) is 1.80. The van der Waals surface area contributed by atoms with E-state index in [1.54, 1.807) is 0 Å². The van der Waals surface area contributed by atoms with Crippen molar-refractivity contribution in [3.8, 4) is 28.3 Å². The second kappa shape index (κ2) is 11.0. The number of benzene rings is 4. The Labute approximate surface area is 221 Å². The molecule has 186 valence electrons. The minimum absolute atomic E-state index is 0.407. The zero-order chi connectivity index (χ0) is 25.8. The van der Waals surface area contributed by atoms with Gasteiger partial charge >= 0.3 is 0 Å². The highest BCUT2D eigenvalue weighted by atomic mass is 15.1. The average molecular weight is 485 g/mol. The van der Waals surface area contributed by atoms with Crippen LogP contribution in [0.4, 0.5) is 0 Å². The fraction of sp³-hybridized carbons (Fsp3) is 0.229. The first-order chi connectivity index (χ1) is 18.0. The highest BCUT2D eigenvalue weighted by molar-refractivity contribution is 5.69. The van der Waals surface area contributed by atoms with Crippen LogP contribution in [0.3, 0.4) is 0 Å². The Morgan fingerprint density at radius 2 is 1.14 bits per heavy atom. The van der Waals surface area contributed by atoms with Gasteiger partial charge in [0.15, 0.2) is 0 Å². The molecule has 0 unspecified atom stereocenters. The van der Waals surface area contributed by atoms with E-state index in [1.165, 1.54) is 27.9 Å². The molecule has 1 aromatic heterocycles. The van der Waals surface area contributed by atoms with Crippen LogP contribution in [0, 0.1) is 0 Å². The fourth-order valence-corrected chi connectivity index (χ4v) is 5.09. The molecule has 5 rings (SSSR count). The van der Waals surface area contributed by atoms with Crippen LogP contribution < -0.4 is 0 Å². The largest absolute Gasteiger partial charge is 0.299 e. The van der Waals surface area contributed by atoms with E-state index in [4.69, 9.17) is 4.98 Å². The number of aryl methyl sites for hydroxylation is 2. The van der Waals surface area contributed by atoms with E-state index in [-0.39, 0.29) is 0 Å². The molecule has 5 aromatic rings. The number of aromatic nitrogens is 2. The van der Waals surface area contributed by atoms with E-state index in [1.807, 2.05) is 0 Å². The van der Waals surface area contributed by atoms with Gasteiger partial charge in [0.25, 0.3) is 0 Å². The summed E-state index contributed by atoms with van der Waals surface area (Å²) in [5.41, 5.74) is 9.97. The van der Waals surface area contributed by atoms with E-state index >= 15 is 0 Å². The molecule has 0 bridgehead atoms. The molecular formula is C35H36N2. The minimum atomic E-state index is 0.407. The zero-order valence-electron chi connectivity index (χ0n) is 22.4. The third-order valence-electron chi connectivity index (χ3n) is 7.09. The van der Waals surface area contributed by atoms with E-state index in [0.29, 0.717) is 11.8 Å². The van der Waals surface area contributed by atoms with Crippen molar-refractivity contribution >= 4 is 0 Å². The normalized spacial score (nSPS) is 11.4. The van der Waals surface area contributed by atoms with Crippen LogP contribution in [0.1, 0.15) is 61.8 Å². The Balaban J connectivity index is 1.61. The van der Waals surface area contributed by atoms with E-state index in [0.717, 1.165) is 35.5 Å². The van der Waals surface area contributed by atoms with Gasteiger partial charge in [-0.2, -0.15) is 0 Å². The molecule has 0 saturated heterocycles. The van der Waals surface area contributed by atoms with Gasteiger partial charge in [-0.05, 0) is 53.0 Å². The highest BCUT2D eigenvalue weighted by Crippen LogP contribution is 2.36. The number of hydrogen-bond donors (Lipinski definition) is 0. The summed E-state index contributed by atoms with van der Waals surface area (Å²) in [6.07, 6.45) is 4.29. The van der Waals surface area contributed by atoms with Crippen LogP contribution in [0.2, 0.25) is 0 Å².